The van der Waals surface area contributed by atoms with Gasteiger partial charge in [0.2, 0.25) is 0 Å². The number of aromatic nitrogens is 1. The Morgan fingerprint density at radius 1 is 1.29 bits per heavy atom. The van der Waals surface area contributed by atoms with Crippen molar-refractivity contribution < 1.29 is 0 Å². The van der Waals surface area contributed by atoms with Crippen molar-refractivity contribution in [2.24, 2.45) is 23.2 Å². The first-order valence-electron chi connectivity index (χ1n) is 9.64. The molecule has 132 valence electrons. The van der Waals surface area contributed by atoms with Gasteiger partial charge in [-0.25, -0.2) is 4.98 Å². The van der Waals surface area contributed by atoms with Crippen molar-refractivity contribution in [2.75, 3.05) is 30.4 Å². The third kappa shape index (κ3) is 2.59. The van der Waals surface area contributed by atoms with Crippen LogP contribution in [0.5, 0.6) is 0 Å². The minimum Gasteiger partial charge on any atom is -0.370 e. The van der Waals surface area contributed by atoms with E-state index in [4.69, 9.17) is 0 Å². The lowest BCUT2D eigenvalue weighted by atomic mass is 9.45. The second-order valence-electron chi connectivity index (χ2n) is 8.83. The molecule has 2 unspecified atom stereocenters. The predicted octanol–water partition coefficient (Wildman–Crippen LogP) is 3.36. The molecule has 4 nitrogen and oxygen atoms in total. The summed E-state index contributed by atoms with van der Waals surface area (Å²) in [5, 5.41) is 7.16. The third-order valence-electron chi connectivity index (χ3n) is 7.39. The van der Waals surface area contributed by atoms with Gasteiger partial charge in [-0.1, -0.05) is 20.8 Å². The van der Waals surface area contributed by atoms with Crippen molar-refractivity contribution in [3.8, 4) is 0 Å². The van der Waals surface area contributed by atoms with E-state index in [1.165, 1.54) is 24.9 Å². The molecule has 2 heterocycles. The second kappa shape index (κ2) is 5.91. The zero-order valence-electron chi connectivity index (χ0n) is 15.5. The average molecular weight is 329 g/mol. The summed E-state index contributed by atoms with van der Waals surface area (Å²) in [7, 11) is 2.06. The van der Waals surface area contributed by atoms with Gasteiger partial charge in [-0.2, -0.15) is 0 Å². The minimum atomic E-state index is 0.546. The number of anilines is 2. The molecule has 0 amide bonds. The van der Waals surface area contributed by atoms with Gasteiger partial charge >= 0.3 is 0 Å². The molecule has 24 heavy (non-hydrogen) atoms. The van der Waals surface area contributed by atoms with E-state index in [2.05, 4.69) is 60.5 Å². The fourth-order valence-corrected chi connectivity index (χ4v) is 5.46. The van der Waals surface area contributed by atoms with E-state index >= 15 is 0 Å². The summed E-state index contributed by atoms with van der Waals surface area (Å²) in [4.78, 5) is 7.07. The van der Waals surface area contributed by atoms with Gasteiger partial charge in [-0.3, -0.25) is 0 Å². The summed E-state index contributed by atoms with van der Waals surface area (Å²) < 4.78 is 0. The van der Waals surface area contributed by atoms with Crippen LogP contribution in [0.25, 0.3) is 0 Å². The summed E-state index contributed by atoms with van der Waals surface area (Å²) in [6.45, 7) is 9.58. The lowest BCUT2D eigenvalue weighted by Crippen LogP contribution is -2.58. The fourth-order valence-electron chi connectivity index (χ4n) is 5.46. The molecule has 0 aromatic carbocycles. The van der Waals surface area contributed by atoms with Crippen LogP contribution in [0.15, 0.2) is 18.3 Å². The van der Waals surface area contributed by atoms with Gasteiger partial charge in [0.1, 0.15) is 5.82 Å². The topological polar surface area (TPSA) is 40.2 Å². The molecule has 2 N–H and O–H groups in total. The largest absolute Gasteiger partial charge is 0.370 e. The lowest BCUT2D eigenvalue weighted by Gasteiger charge is -2.62. The molecule has 5 rings (SSSR count). The van der Waals surface area contributed by atoms with Crippen LogP contribution >= 0.6 is 0 Å². The number of pyridine rings is 1. The molecule has 2 bridgehead atoms. The number of hydrogen-bond acceptors (Lipinski definition) is 4. The number of likely N-dealkylation sites (N-methyl/N-ethyl adjacent to an activating group) is 1. The Morgan fingerprint density at radius 2 is 2.12 bits per heavy atom. The number of rotatable bonds is 4. The number of fused-ring (bicyclic) bond motifs is 2. The number of nitrogens with zero attached hydrogens (tertiary/aromatic N) is 2. The molecule has 1 aromatic heterocycles. The zero-order chi connectivity index (χ0) is 16.9. The molecule has 3 aliphatic carbocycles. The van der Waals surface area contributed by atoms with Crippen molar-refractivity contribution in [3.05, 3.63) is 18.3 Å². The molecular formula is C20H32N4. The monoisotopic (exact) mass is 328 g/mol. The molecule has 0 radical (unpaired) electrons. The van der Waals surface area contributed by atoms with Crippen molar-refractivity contribution in [3.63, 3.8) is 0 Å². The van der Waals surface area contributed by atoms with Gasteiger partial charge in [0.05, 0.1) is 0 Å². The molecule has 4 fully saturated rings. The van der Waals surface area contributed by atoms with Crippen LogP contribution in [0, 0.1) is 23.2 Å². The third-order valence-corrected chi connectivity index (χ3v) is 7.39. The smallest absolute Gasteiger partial charge is 0.128 e. The Morgan fingerprint density at radius 3 is 2.79 bits per heavy atom. The molecule has 4 heteroatoms. The van der Waals surface area contributed by atoms with E-state index < -0.39 is 0 Å². The maximum Gasteiger partial charge on any atom is 0.128 e. The first-order valence-corrected chi connectivity index (χ1v) is 9.64. The molecule has 3 saturated carbocycles. The normalized spacial score (nSPS) is 37.2. The summed E-state index contributed by atoms with van der Waals surface area (Å²) >= 11 is 0. The van der Waals surface area contributed by atoms with Crippen molar-refractivity contribution in [2.45, 2.75) is 52.1 Å². The Bertz CT molecular complexity index is 599. The highest BCUT2D eigenvalue weighted by atomic mass is 15.2. The van der Waals surface area contributed by atoms with E-state index in [0.717, 1.165) is 36.7 Å². The first kappa shape index (κ1) is 16.2. The van der Waals surface area contributed by atoms with Gasteiger partial charge in [0, 0.05) is 43.1 Å². The van der Waals surface area contributed by atoms with E-state index in [1.54, 1.807) is 0 Å². The Hall–Kier alpha value is -1.29. The average Bonchev–Trinajstić information content (AvgIpc) is 3.05. The second-order valence-corrected chi connectivity index (χ2v) is 8.83. The SMILES string of the molecule is CN[C@H]1CCN(c2ccnc(NC3C[C@H]4C[C@@H](C3C)C4(C)C)c2)C1. The number of nitrogens with one attached hydrogen (secondary N) is 2. The summed E-state index contributed by atoms with van der Waals surface area (Å²) in [5.74, 6) is 3.54. The Balaban J connectivity index is 1.44. The van der Waals surface area contributed by atoms with Gasteiger partial charge in [0.25, 0.3) is 0 Å². The van der Waals surface area contributed by atoms with Crippen molar-refractivity contribution in [1.82, 2.24) is 10.3 Å². The van der Waals surface area contributed by atoms with Crippen molar-refractivity contribution >= 4 is 11.5 Å². The van der Waals surface area contributed by atoms with Gasteiger partial charge < -0.3 is 15.5 Å². The summed E-state index contributed by atoms with van der Waals surface area (Å²) in [5.41, 5.74) is 1.85. The van der Waals surface area contributed by atoms with Crippen LogP contribution in [-0.4, -0.2) is 37.2 Å². The minimum absolute atomic E-state index is 0.546. The van der Waals surface area contributed by atoms with E-state index in [1.807, 2.05) is 6.20 Å². The van der Waals surface area contributed by atoms with E-state index in [9.17, 15) is 0 Å². The van der Waals surface area contributed by atoms with Gasteiger partial charge in [0.15, 0.2) is 0 Å². The van der Waals surface area contributed by atoms with Crippen LogP contribution in [0.4, 0.5) is 11.5 Å². The molecule has 5 atom stereocenters. The highest BCUT2D eigenvalue weighted by Gasteiger charge is 2.56. The van der Waals surface area contributed by atoms with Crippen LogP contribution in [0.3, 0.4) is 0 Å². The number of hydrogen-bond donors (Lipinski definition) is 2. The maximum atomic E-state index is 4.60. The van der Waals surface area contributed by atoms with E-state index in [-0.39, 0.29) is 0 Å². The zero-order valence-corrected chi connectivity index (χ0v) is 15.5. The lowest BCUT2D eigenvalue weighted by molar-refractivity contribution is -0.105. The molecule has 1 saturated heterocycles. The van der Waals surface area contributed by atoms with Gasteiger partial charge in [-0.05, 0) is 55.5 Å². The summed E-state index contributed by atoms with van der Waals surface area (Å²) in [6, 6.07) is 5.58. The Labute approximate surface area is 146 Å². The van der Waals surface area contributed by atoms with E-state index in [0.29, 0.717) is 17.5 Å². The van der Waals surface area contributed by atoms with Crippen molar-refractivity contribution in [1.29, 1.82) is 0 Å². The standard InChI is InChI=1S/C20H32N4/c1-13-17-9-14(20(17,2)3)10-18(13)23-19-11-16(5-7-22-19)24-8-6-15(12-24)21-4/h5,7,11,13-15,17-18,21H,6,8-10,12H2,1-4H3,(H,22,23)/t13?,14-,15+,17+,18?/m1/s1. The Kier molecular flexibility index (Phi) is 3.98. The quantitative estimate of drug-likeness (QED) is 0.889. The molecule has 4 aliphatic rings. The van der Waals surface area contributed by atoms with Crippen LogP contribution in [-0.2, 0) is 0 Å². The van der Waals surface area contributed by atoms with Crippen LogP contribution in [0.1, 0.15) is 40.0 Å². The van der Waals surface area contributed by atoms with Crippen LogP contribution in [0.2, 0.25) is 0 Å². The predicted molar refractivity (Wildman–Crippen MR) is 100 cm³/mol. The van der Waals surface area contributed by atoms with Gasteiger partial charge in [-0.15, -0.1) is 0 Å². The first-order chi connectivity index (χ1) is 11.5. The molecule has 1 aromatic rings. The maximum absolute atomic E-state index is 4.60. The van der Waals surface area contributed by atoms with Crippen LogP contribution < -0.4 is 15.5 Å². The highest BCUT2D eigenvalue weighted by Crippen LogP contribution is 2.61. The molecule has 1 aliphatic heterocycles. The summed E-state index contributed by atoms with van der Waals surface area (Å²) in [6.07, 6.45) is 5.91. The molecular weight excluding hydrogens is 296 g/mol. The highest BCUT2D eigenvalue weighted by molar-refractivity contribution is 5.55. The molecule has 0 spiro atoms. The fraction of sp³-hybridized carbons (Fsp3) is 0.750.